The van der Waals surface area contributed by atoms with Gasteiger partial charge in [-0.3, -0.25) is 4.79 Å². The Labute approximate surface area is 108 Å². The van der Waals surface area contributed by atoms with Crippen LogP contribution in [0.15, 0.2) is 53.6 Å². The molecule has 2 rings (SSSR count). The third-order valence-corrected chi connectivity index (χ3v) is 2.39. The summed E-state index contributed by atoms with van der Waals surface area (Å²) < 4.78 is 12.7. The van der Waals surface area contributed by atoms with Gasteiger partial charge in [0, 0.05) is 21.8 Å². The molecule has 0 heterocycles. The predicted octanol–water partition coefficient (Wildman–Crippen LogP) is 4.02. The number of benzene rings is 2. The van der Waals surface area contributed by atoms with Crippen LogP contribution in [-0.2, 0) is 0 Å². The van der Waals surface area contributed by atoms with Crippen molar-refractivity contribution in [1.29, 1.82) is 0 Å². The summed E-state index contributed by atoms with van der Waals surface area (Å²) in [5, 5.41) is 6.04. The maximum absolute atomic E-state index is 12.7. The molecule has 0 atom stereocenters. The van der Waals surface area contributed by atoms with Gasteiger partial charge in [-0.05, 0) is 41.9 Å². The maximum atomic E-state index is 12.7. The summed E-state index contributed by atoms with van der Waals surface area (Å²) >= 11 is 0. The van der Waals surface area contributed by atoms with Crippen LogP contribution in [-0.4, -0.2) is 5.91 Å². The Bertz CT molecular complexity index is 631. The first kappa shape index (κ1) is 12.6. The summed E-state index contributed by atoms with van der Waals surface area (Å²) in [6, 6.07) is 11.6. The topological polar surface area (TPSA) is 77.9 Å². The van der Waals surface area contributed by atoms with Crippen LogP contribution < -0.4 is 5.32 Å². The standard InChI is InChI=1S/C13H9FN4O/c14-10-3-7-11(8-4-10)16-13(19)9-1-5-12(6-2-9)17-18-15/h1-8H,(H,16,19). The molecule has 1 amide bonds. The zero-order valence-electron chi connectivity index (χ0n) is 9.75. The number of azide groups is 1. The summed E-state index contributed by atoms with van der Waals surface area (Å²) in [5.74, 6) is -0.684. The third kappa shape index (κ3) is 3.31. The van der Waals surface area contributed by atoms with Crippen LogP contribution in [0.2, 0.25) is 0 Å². The molecule has 0 radical (unpaired) electrons. The number of halogens is 1. The van der Waals surface area contributed by atoms with E-state index in [2.05, 4.69) is 15.3 Å². The van der Waals surface area contributed by atoms with E-state index in [1.807, 2.05) is 0 Å². The van der Waals surface area contributed by atoms with Crippen molar-refractivity contribution < 1.29 is 9.18 Å². The summed E-state index contributed by atoms with van der Waals surface area (Å²) in [4.78, 5) is 14.5. The highest BCUT2D eigenvalue weighted by atomic mass is 19.1. The number of hydrogen-bond donors (Lipinski definition) is 1. The molecular weight excluding hydrogens is 247 g/mol. The molecular formula is C13H9FN4O. The number of carbonyl (C=O) groups is 1. The van der Waals surface area contributed by atoms with Gasteiger partial charge in [0.25, 0.3) is 5.91 Å². The van der Waals surface area contributed by atoms with Crippen LogP contribution in [0.1, 0.15) is 10.4 Å². The minimum atomic E-state index is -0.364. The SMILES string of the molecule is [N-]=[N+]=Nc1ccc(C(=O)Nc2ccc(F)cc2)cc1. The molecule has 0 aliphatic rings. The van der Waals surface area contributed by atoms with Gasteiger partial charge in [0.2, 0.25) is 0 Å². The van der Waals surface area contributed by atoms with Crippen LogP contribution in [0, 0.1) is 5.82 Å². The van der Waals surface area contributed by atoms with Gasteiger partial charge >= 0.3 is 0 Å². The van der Waals surface area contributed by atoms with Gasteiger partial charge in [-0.2, -0.15) is 0 Å². The zero-order valence-corrected chi connectivity index (χ0v) is 9.75. The van der Waals surface area contributed by atoms with Crippen molar-refractivity contribution in [3.63, 3.8) is 0 Å². The highest BCUT2D eigenvalue weighted by Crippen LogP contribution is 2.15. The van der Waals surface area contributed by atoms with Crippen LogP contribution in [0.4, 0.5) is 15.8 Å². The molecule has 0 spiro atoms. The molecule has 2 aromatic rings. The Balaban J connectivity index is 2.11. The highest BCUT2D eigenvalue weighted by Gasteiger charge is 2.05. The number of nitrogens with one attached hydrogen (secondary N) is 1. The van der Waals surface area contributed by atoms with E-state index in [0.717, 1.165) is 0 Å². The first-order valence-corrected chi connectivity index (χ1v) is 5.41. The summed E-state index contributed by atoms with van der Waals surface area (Å²) in [6.45, 7) is 0. The molecule has 0 aliphatic heterocycles. The molecule has 0 saturated carbocycles. The van der Waals surface area contributed by atoms with E-state index in [-0.39, 0.29) is 11.7 Å². The number of carbonyl (C=O) groups excluding carboxylic acids is 1. The number of hydrogen-bond acceptors (Lipinski definition) is 2. The molecule has 0 bridgehead atoms. The number of anilines is 1. The minimum absolute atomic E-state index is 0.320. The normalized spacial score (nSPS) is 9.53. The van der Waals surface area contributed by atoms with Crippen molar-refractivity contribution in [3.8, 4) is 0 Å². The van der Waals surface area contributed by atoms with Crippen LogP contribution in [0.5, 0.6) is 0 Å². The Morgan fingerprint density at radius 1 is 1.11 bits per heavy atom. The second-order valence-corrected chi connectivity index (χ2v) is 3.70. The van der Waals surface area contributed by atoms with E-state index in [1.54, 1.807) is 24.3 Å². The van der Waals surface area contributed by atoms with E-state index < -0.39 is 0 Å². The monoisotopic (exact) mass is 256 g/mol. The maximum Gasteiger partial charge on any atom is 0.255 e. The summed E-state index contributed by atoms with van der Waals surface area (Å²) in [7, 11) is 0. The molecule has 0 saturated heterocycles. The Morgan fingerprint density at radius 3 is 2.32 bits per heavy atom. The molecule has 0 aliphatic carbocycles. The van der Waals surface area contributed by atoms with Crippen molar-refractivity contribution >= 4 is 17.3 Å². The zero-order chi connectivity index (χ0) is 13.7. The fourth-order valence-electron chi connectivity index (χ4n) is 1.47. The van der Waals surface area contributed by atoms with Crippen molar-refractivity contribution in [2.75, 3.05) is 5.32 Å². The highest BCUT2D eigenvalue weighted by molar-refractivity contribution is 6.04. The van der Waals surface area contributed by atoms with Gasteiger partial charge in [0.1, 0.15) is 5.82 Å². The Morgan fingerprint density at radius 2 is 1.74 bits per heavy atom. The number of amides is 1. The summed E-state index contributed by atoms with van der Waals surface area (Å²) in [6.07, 6.45) is 0. The lowest BCUT2D eigenvalue weighted by molar-refractivity contribution is 0.102. The first-order chi connectivity index (χ1) is 9.19. The lowest BCUT2D eigenvalue weighted by atomic mass is 10.2. The smallest absolute Gasteiger partial charge is 0.255 e. The fourth-order valence-corrected chi connectivity index (χ4v) is 1.47. The second-order valence-electron chi connectivity index (χ2n) is 3.70. The molecule has 94 valence electrons. The van der Waals surface area contributed by atoms with Crippen molar-refractivity contribution in [2.24, 2.45) is 5.11 Å². The lowest BCUT2D eigenvalue weighted by Crippen LogP contribution is -2.11. The van der Waals surface area contributed by atoms with E-state index in [1.165, 1.54) is 24.3 Å². The first-order valence-electron chi connectivity index (χ1n) is 5.41. The van der Waals surface area contributed by atoms with Crippen LogP contribution in [0.3, 0.4) is 0 Å². The molecule has 6 heteroatoms. The fraction of sp³-hybridized carbons (Fsp3) is 0. The number of nitrogens with zero attached hydrogens (tertiary/aromatic N) is 3. The second kappa shape index (κ2) is 5.66. The Hall–Kier alpha value is -2.85. The number of rotatable bonds is 3. The Kier molecular flexibility index (Phi) is 3.75. The predicted molar refractivity (Wildman–Crippen MR) is 69.6 cm³/mol. The van der Waals surface area contributed by atoms with Gasteiger partial charge in [-0.15, -0.1) is 0 Å². The minimum Gasteiger partial charge on any atom is -0.322 e. The van der Waals surface area contributed by atoms with Gasteiger partial charge < -0.3 is 5.32 Å². The van der Waals surface area contributed by atoms with Gasteiger partial charge in [-0.1, -0.05) is 17.2 Å². The molecule has 0 aromatic heterocycles. The molecule has 2 aromatic carbocycles. The summed E-state index contributed by atoms with van der Waals surface area (Å²) in [5.41, 5.74) is 9.62. The van der Waals surface area contributed by atoms with E-state index in [9.17, 15) is 9.18 Å². The van der Waals surface area contributed by atoms with Crippen molar-refractivity contribution in [3.05, 3.63) is 70.4 Å². The largest absolute Gasteiger partial charge is 0.322 e. The van der Waals surface area contributed by atoms with E-state index in [4.69, 9.17) is 5.53 Å². The van der Waals surface area contributed by atoms with E-state index >= 15 is 0 Å². The van der Waals surface area contributed by atoms with E-state index in [0.29, 0.717) is 16.9 Å². The lowest BCUT2D eigenvalue weighted by Gasteiger charge is -2.05. The third-order valence-electron chi connectivity index (χ3n) is 2.39. The van der Waals surface area contributed by atoms with Gasteiger partial charge in [0.15, 0.2) is 0 Å². The van der Waals surface area contributed by atoms with Crippen molar-refractivity contribution in [2.45, 2.75) is 0 Å². The molecule has 0 fully saturated rings. The molecule has 5 nitrogen and oxygen atoms in total. The van der Waals surface area contributed by atoms with Crippen molar-refractivity contribution in [1.82, 2.24) is 0 Å². The average molecular weight is 256 g/mol. The quantitative estimate of drug-likeness (QED) is 0.502. The average Bonchev–Trinajstić information content (AvgIpc) is 2.42. The van der Waals surface area contributed by atoms with Crippen LogP contribution >= 0.6 is 0 Å². The molecule has 19 heavy (non-hydrogen) atoms. The van der Waals surface area contributed by atoms with Crippen LogP contribution in [0.25, 0.3) is 10.4 Å². The molecule has 0 unspecified atom stereocenters. The van der Waals surface area contributed by atoms with Gasteiger partial charge in [0.05, 0.1) is 0 Å². The van der Waals surface area contributed by atoms with Gasteiger partial charge in [-0.25, -0.2) is 4.39 Å². The molecule has 1 N–H and O–H groups in total.